The van der Waals surface area contributed by atoms with Crippen LogP contribution in [0.5, 0.6) is 5.75 Å². The van der Waals surface area contributed by atoms with Gasteiger partial charge in [0.1, 0.15) is 9.96 Å². The van der Waals surface area contributed by atoms with Crippen LogP contribution >= 0.6 is 27.3 Å². The summed E-state index contributed by atoms with van der Waals surface area (Å²) in [6, 6.07) is 10.1. The lowest BCUT2D eigenvalue weighted by molar-refractivity contribution is -0.115. The summed E-state index contributed by atoms with van der Waals surface area (Å²) in [5, 5.41) is 2.66. The average molecular weight is 404 g/mol. The average Bonchev–Trinajstić information content (AvgIpc) is 2.93. The lowest BCUT2D eigenvalue weighted by Gasteiger charge is -2.07. The molecule has 0 fully saturated rings. The third kappa shape index (κ3) is 4.56. The molecular formula is C14H14BrNO4S2. The molecule has 0 spiro atoms. The highest BCUT2D eigenvalue weighted by Gasteiger charge is 2.18. The molecule has 0 saturated heterocycles. The number of nitrogens with one attached hydrogen (secondary N) is 1. The van der Waals surface area contributed by atoms with Crippen LogP contribution in [0.4, 0.5) is 5.69 Å². The van der Waals surface area contributed by atoms with Crippen molar-refractivity contribution in [2.24, 2.45) is 0 Å². The van der Waals surface area contributed by atoms with Crippen molar-refractivity contribution in [1.82, 2.24) is 0 Å². The molecule has 1 N–H and O–H groups in total. The zero-order valence-corrected chi connectivity index (χ0v) is 14.9. The van der Waals surface area contributed by atoms with E-state index in [2.05, 4.69) is 21.2 Å². The Labute approximate surface area is 141 Å². The number of thiophene rings is 1. The third-order valence-corrected chi connectivity index (χ3v) is 6.73. The van der Waals surface area contributed by atoms with Crippen LogP contribution in [0.1, 0.15) is 6.42 Å². The Bertz CT molecular complexity index is 771. The van der Waals surface area contributed by atoms with E-state index in [1.165, 1.54) is 13.2 Å². The molecule has 1 aromatic heterocycles. The smallest absolute Gasteiger partial charge is 0.225 e. The minimum atomic E-state index is -3.44. The Morgan fingerprint density at radius 3 is 2.73 bits per heavy atom. The lowest BCUT2D eigenvalue weighted by Crippen LogP contribution is -2.17. The van der Waals surface area contributed by atoms with Crippen LogP contribution in [0, 0.1) is 0 Å². The molecule has 0 aliphatic carbocycles. The molecule has 0 aliphatic rings. The Morgan fingerprint density at radius 2 is 2.09 bits per heavy atom. The number of benzene rings is 1. The van der Waals surface area contributed by atoms with E-state index >= 15 is 0 Å². The van der Waals surface area contributed by atoms with Gasteiger partial charge < -0.3 is 10.1 Å². The van der Waals surface area contributed by atoms with Gasteiger partial charge in [-0.2, -0.15) is 0 Å². The van der Waals surface area contributed by atoms with Gasteiger partial charge in [-0.05, 0) is 40.2 Å². The van der Waals surface area contributed by atoms with Gasteiger partial charge >= 0.3 is 0 Å². The third-order valence-electron chi connectivity index (χ3n) is 2.81. The van der Waals surface area contributed by atoms with Crippen LogP contribution in [0.3, 0.4) is 0 Å². The summed E-state index contributed by atoms with van der Waals surface area (Å²) in [5.41, 5.74) is 0.570. The lowest BCUT2D eigenvalue weighted by atomic mass is 10.3. The van der Waals surface area contributed by atoms with E-state index in [0.29, 0.717) is 11.4 Å². The van der Waals surface area contributed by atoms with Crippen molar-refractivity contribution in [1.29, 1.82) is 0 Å². The number of methoxy groups -OCH3 is 1. The van der Waals surface area contributed by atoms with Crippen LogP contribution in [-0.4, -0.2) is 27.2 Å². The van der Waals surface area contributed by atoms with Gasteiger partial charge in [0.05, 0.1) is 16.6 Å². The molecular weight excluding hydrogens is 390 g/mol. The second kappa shape index (κ2) is 7.26. The summed E-state index contributed by atoms with van der Waals surface area (Å²) < 4.78 is 30.2. The number of hydrogen-bond acceptors (Lipinski definition) is 5. The molecule has 5 nitrogen and oxygen atoms in total. The fraction of sp³-hybridized carbons (Fsp3) is 0.214. The summed E-state index contributed by atoms with van der Waals surface area (Å²) in [6.45, 7) is 0. The molecule has 8 heteroatoms. The first-order valence-corrected chi connectivity index (χ1v) is 9.59. The first kappa shape index (κ1) is 17.0. The number of carbonyl (C=O) groups excluding carboxylic acids is 1. The zero-order chi connectivity index (χ0) is 16.2. The number of sulfone groups is 1. The fourth-order valence-electron chi connectivity index (χ4n) is 1.72. The van der Waals surface area contributed by atoms with Crippen molar-refractivity contribution in [3.05, 3.63) is 40.2 Å². The van der Waals surface area contributed by atoms with Gasteiger partial charge in [-0.3, -0.25) is 4.79 Å². The van der Waals surface area contributed by atoms with Crippen molar-refractivity contribution in [3.8, 4) is 5.75 Å². The van der Waals surface area contributed by atoms with Crippen molar-refractivity contribution in [3.63, 3.8) is 0 Å². The number of rotatable bonds is 6. The molecule has 1 amide bonds. The van der Waals surface area contributed by atoms with Crippen molar-refractivity contribution in [2.45, 2.75) is 10.6 Å². The van der Waals surface area contributed by atoms with Gasteiger partial charge in [-0.15, -0.1) is 11.3 Å². The Hall–Kier alpha value is -1.38. The maximum absolute atomic E-state index is 12.1. The van der Waals surface area contributed by atoms with Crippen LogP contribution in [0.2, 0.25) is 0 Å². The van der Waals surface area contributed by atoms with Gasteiger partial charge in [0.15, 0.2) is 9.84 Å². The van der Waals surface area contributed by atoms with E-state index in [1.807, 2.05) is 0 Å². The first-order valence-electron chi connectivity index (χ1n) is 6.33. The number of amides is 1. The first-order chi connectivity index (χ1) is 10.4. The normalized spacial score (nSPS) is 11.2. The monoisotopic (exact) mass is 403 g/mol. The molecule has 0 saturated carbocycles. The van der Waals surface area contributed by atoms with Crippen LogP contribution in [-0.2, 0) is 14.6 Å². The molecule has 0 radical (unpaired) electrons. The van der Waals surface area contributed by atoms with Crippen molar-refractivity contribution in [2.75, 3.05) is 18.2 Å². The van der Waals surface area contributed by atoms with Crippen molar-refractivity contribution < 1.29 is 17.9 Å². The topological polar surface area (TPSA) is 72.5 Å². The molecule has 2 rings (SSSR count). The van der Waals surface area contributed by atoms with Crippen LogP contribution < -0.4 is 10.1 Å². The minimum absolute atomic E-state index is 0.102. The summed E-state index contributed by atoms with van der Waals surface area (Å²) in [6.07, 6.45) is -0.102. The number of anilines is 1. The Morgan fingerprint density at radius 1 is 1.32 bits per heavy atom. The maximum Gasteiger partial charge on any atom is 0.225 e. The molecule has 1 heterocycles. The second-order valence-electron chi connectivity index (χ2n) is 4.41. The predicted octanol–water partition coefficient (Wildman–Crippen LogP) is 3.32. The SMILES string of the molecule is COc1cccc(NC(=O)CCS(=O)(=O)c2ccc(Br)s2)c1. The summed E-state index contributed by atoms with van der Waals surface area (Å²) >= 11 is 4.36. The maximum atomic E-state index is 12.1. The van der Waals surface area contributed by atoms with Crippen LogP contribution in [0.15, 0.2) is 44.4 Å². The standard InChI is InChI=1S/C14H14BrNO4S2/c1-20-11-4-2-3-10(9-11)16-13(17)7-8-22(18,19)14-6-5-12(15)21-14/h2-6,9H,7-8H2,1H3,(H,16,17). The van der Waals surface area contributed by atoms with E-state index in [4.69, 9.17) is 4.74 Å². The quantitative estimate of drug-likeness (QED) is 0.802. The van der Waals surface area contributed by atoms with Gasteiger partial charge in [0.2, 0.25) is 5.91 Å². The van der Waals surface area contributed by atoms with Crippen molar-refractivity contribution >= 4 is 48.7 Å². The van der Waals surface area contributed by atoms with Gasteiger partial charge in [-0.1, -0.05) is 6.07 Å². The zero-order valence-electron chi connectivity index (χ0n) is 11.7. The Kier molecular flexibility index (Phi) is 5.60. The molecule has 22 heavy (non-hydrogen) atoms. The van der Waals surface area contributed by atoms with E-state index in [9.17, 15) is 13.2 Å². The molecule has 2 aromatic rings. The number of ether oxygens (including phenoxy) is 1. The number of halogens is 1. The molecule has 1 aromatic carbocycles. The van der Waals surface area contributed by atoms with Crippen LogP contribution in [0.25, 0.3) is 0 Å². The highest BCUT2D eigenvalue weighted by Crippen LogP contribution is 2.27. The molecule has 0 atom stereocenters. The fourth-order valence-corrected chi connectivity index (χ4v) is 5.12. The van der Waals surface area contributed by atoms with Gasteiger partial charge in [-0.25, -0.2) is 8.42 Å². The molecule has 0 bridgehead atoms. The number of hydrogen-bond donors (Lipinski definition) is 1. The van der Waals surface area contributed by atoms with E-state index in [0.717, 1.165) is 15.1 Å². The minimum Gasteiger partial charge on any atom is -0.497 e. The van der Waals surface area contributed by atoms with E-state index < -0.39 is 9.84 Å². The molecule has 118 valence electrons. The van der Waals surface area contributed by atoms with E-state index in [1.54, 1.807) is 30.3 Å². The number of carbonyl (C=O) groups is 1. The summed E-state index contributed by atoms with van der Waals surface area (Å²) in [4.78, 5) is 11.9. The second-order valence-corrected chi connectivity index (χ2v) is 9.21. The molecule has 0 aliphatic heterocycles. The van der Waals surface area contributed by atoms with E-state index in [-0.39, 0.29) is 22.3 Å². The molecule has 0 unspecified atom stereocenters. The van der Waals surface area contributed by atoms with Gasteiger partial charge in [0, 0.05) is 18.2 Å². The van der Waals surface area contributed by atoms with Gasteiger partial charge in [0.25, 0.3) is 0 Å². The Balaban J connectivity index is 1.95. The highest BCUT2D eigenvalue weighted by molar-refractivity contribution is 9.11. The predicted molar refractivity (Wildman–Crippen MR) is 90.3 cm³/mol. The summed E-state index contributed by atoms with van der Waals surface area (Å²) in [7, 11) is -1.90. The largest absolute Gasteiger partial charge is 0.497 e. The highest BCUT2D eigenvalue weighted by atomic mass is 79.9. The summed E-state index contributed by atoms with van der Waals surface area (Å²) in [5.74, 6) is 0.0387.